The summed E-state index contributed by atoms with van der Waals surface area (Å²) in [5.41, 5.74) is 0.976. The molecule has 0 saturated carbocycles. The molecule has 1 saturated heterocycles. The number of hydrogen-bond donors (Lipinski definition) is 1. The van der Waals surface area contributed by atoms with Crippen LogP contribution >= 0.6 is 11.3 Å². The van der Waals surface area contributed by atoms with Crippen molar-refractivity contribution in [2.45, 2.75) is 18.9 Å². The van der Waals surface area contributed by atoms with Crippen LogP contribution in [0.15, 0.2) is 24.5 Å². The van der Waals surface area contributed by atoms with E-state index in [9.17, 15) is 5.11 Å². The minimum absolute atomic E-state index is 0.124. The fourth-order valence-corrected chi connectivity index (χ4v) is 4.59. The third-order valence-electron chi connectivity index (χ3n) is 4.62. The second kappa shape index (κ2) is 6.53. The molecule has 0 unspecified atom stereocenters. The highest BCUT2D eigenvalue weighted by Crippen LogP contribution is 2.45. The molecule has 1 fully saturated rings. The van der Waals surface area contributed by atoms with E-state index in [1.807, 2.05) is 18.2 Å². The molecule has 1 atom stereocenters. The van der Waals surface area contributed by atoms with Crippen LogP contribution in [0.25, 0.3) is 4.96 Å². The van der Waals surface area contributed by atoms with Gasteiger partial charge in [0.05, 0.1) is 25.1 Å². The summed E-state index contributed by atoms with van der Waals surface area (Å²) in [4.78, 5) is 8.08. The second-order valence-corrected chi connectivity index (χ2v) is 6.98. The number of likely N-dealkylation sites (tertiary alicyclic amines) is 1. The van der Waals surface area contributed by atoms with Gasteiger partial charge in [-0.1, -0.05) is 23.5 Å². The molecule has 1 aliphatic rings. The molecule has 0 bridgehead atoms. The molecule has 0 amide bonds. The van der Waals surface area contributed by atoms with Crippen molar-refractivity contribution in [3.8, 4) is 17.4 Å². The Morgan fingerprint density at radius 1 is 1.20 bits per heavy atom. The number of methoxy groups -OCH3 is 2. The molecule has 0 radical (unpaired) electrons. The van der Waals surface area contributed by atoms with Crippen molar-refractivity contribution in [1.82, 2.24) is 19.5 Å². The third-order valence-corrected chi connectivity index (χ3v) is 5.71. The molecule has 25 heavy (non-hydrogen) atoms. The van der Waals surface area contributed by atoms with Crippen LogP contribution in [0.5, 0.6) is 17.4 Å². The standard InChI is InChI=1S/C17H20N4O3S/c1-23-12-7-5-6-11(14(12)24-2)13(20-8-3-4-9-20)15-16(22)21-17(25-15)18-10-19-21/h5-7,10,13,22H,3-4,8-9H2,1-2H3/t13-/m1/s1. The van der Waals surface area contributed by atoms with Crippen LogP contribution in [0.2, 0.25) is 0 Å². The van der Waals surface area contributed by atoms with Crippen LogP contribution in [-0.2, 0) is 0 Å². The quantitative estimate of drug-likeness (QED) is 0.754. The number of para-hydroxylation sites is 1. The van der Waals surface area contributed by atoms with Crippen LogP contribution in [0.4, 0.5) is 0 Å². The monoisotopic (exact) mass is 360 g/mol. The molecule has 8 heteroatoms. The summed E-state index contributed by atoms with van der Waals surface area (Å²) in [5.74, 6) is 1.52. The highest BCUT2D eigenvalue weighted by atomic mass is 32.1. The largest absolute Gasteiger partial charge is 0.493 e. The van der Waals surface area contributed by atoms with E-state index in [0.29, 0.717) is 16.5 Å². The molecule has 132 valence electrons. The Kier molecular flexibility index (Phi) is 4.22. The van der Waals surface area contributed by atoms with E-state index in [4.69, 9.17) is 9.47 Å². The maximum absolute atomic E-state index is 10.7. The Balaban J connectivity index is 1.90. The average Bonchev–Trinajstić information content (AvgIpc) is 3.36. The van der Waals surface area contributed by atoms with Gasteiger partial charge in [0.2, 0.25) is 10.8 Å². The highest BCUT2D eigenvalue weighted by Gasteiger charge is 2.33. The number of nitrogens with zero attached hydrogens (tertiary/aromatic N) is 4. The lowest BCUT2D eigenvalue weighted by Crippen LogP contribution is -2.26. The summed E-state index contributed by atoms with van der Waals surface area (Å²) in [7, 11) is 3.28. The fourth-order valence-electron chi connectivity index (χ4n) is 3.50. The zero-order chi connectivity index (χ0) is 17.4. The first kappa shape index (κ1) is 16.2. The molecular formula is C17H20N4O3S. The van der Waals surface area contributed by atoms with Gasteiger partial charge in [0.15, 0.2) is 11.5 Å². The summed E-state index contributed by atoms with van der Waals surface area (Å²) in [5, 5.41) is 14.8. The van der Waals surface area contributed by atoms with Crippen molar-refractivity contribution < 1.29 is 14.6 Å². The van der Waals surface area contributed by atoms with Gasteiger partial charge in [-0.25, -0.2) is 4.98 Å². The van der Waals surface area contributed by atoms with E-state index in [2.05, 4.69) is 15.0 Å². The Hall–Kier alpha value is -2.32. The minimum Gasteiger partial charge on any atom is -0.493 e. The maximum Gasteiger partial charge on any atom is 0.230 e. The van der Waals surface area contributed by atoms with Crippen molar-refractivity contribution >= 4 is 16.3 Å². The first-order chi connectivity index (χ1) is 12.2. The molecule has 0 aliphatic carbocycles. The topological polar surface area (TPSA) is 72.1 Å². The lowest BCUT2D eigenvalue weighted by molar-refractivity contribution is 0.267. The Morgan fingerprint density at radius 3 is 2.68 bits per heavy atom. The van der Waals surface area contributed by atoms with Crippen LogP contribution in [0, 0.1) is 0 Å². The van der Waals surface area contributed by atoms with Crippen LogP contribution in [0.3, 0.4) is 0 Å². The smallest absolute Gasteiger partial charge is 0.230 e. The fraction of sp³-hybridized carbons (Fsp3) is 0.412. The molecule has 3 aromatic rings. The molecule has 1 aromatic carbocycles. The Morgan fingerprint density at radius 2 is 2.00 bits per heavy atom. The first-order valence-electron chi connectivity index (χ1n) is 8.21. The van der Waals surface area contributed by atoms with Gasteiger partial charge in [0, 0.05) is 5.56 Å². The number of ether oxygens (including phenoxy) is 2. The van der Waals surface area contributed by atoms with Gasteiger partial charge in [-0.15, -0.1) is 0 Å². The minimum atomic E-state index is -0.124. The van der Waals surface area contributed by atoms with Crippen molar-refractivity contribution in [3.63, 3.8) is 0 Å². The second-order valence-electron chi connectivity index (χ2n) is 5.97. The summed E-state index contributed by atoms with van der Waals surface area (Å²) in [6, 6.07) is 5.74. The number of fused-ring (bicyclic) bond motifs is 1. The van der Waals surface area contributed by atoms with Gasteiger partial charge in [-0.3, -0.25) is 4.90 Å². The zero-order valence-electron chi connectivity index (χ0n) is 14.2. The molecule has 0 spiro atoms. The molecule has 2 aromatic heterocycles. The Bertz CT molecular complexity index is 885. The van der Waals surface area contributed by atoms with E-state index < -0.39 is 0 Å². The normalized spacial score (nSPS) is 16.4. The summed E-state index contributed by atoms with van der Waals surface area (Å²) in [6.07, 6.45) is 3.74. The van der Waals surface area contributed by atoms with Crippen LogP contribution in [-0.4, -0.2) is 51.9 Å². The summed E-state index contributed by atoms with van der Waals surface area (Å²) in [6.45, 7) is 1.94. The Labute approximate surface area is 149 Å². The molecule has 1 aliphatic heterocycles. The van der Waals surface area contributed by atoms with Crippen LogP contribution in [0.1, 0.15) is 29.3 Å². The van der Waals surface area contributed by atoms with E-state index in [1.54, 1.807) is 14.2 Å². The average molecular weight is 360 g/mol. The van der Waals surface area contributed by atoms with Crippen molar-refractivity contribution in [1.29, 1.82) is 0 Å². The molecule has 4 rings (SSSR count). The third kappa shape index (κ3) is 2.61. The SMILES string of the molecule is COc1cccc([C@H](c2sc3ncnn3c2O)N2CCCC2)c1OC. The van der Waals surface area contributed by atoms with E-state index in [1.165, 1.54) is 22.2 Å². The number of thiazole rings is 1. The predicted molar refractivity (Wildman–Crippen MR) is 94.7 cm³/mol. The number of benzene rings is 1. The van der Waals surface area contributed by atoms with E-state index >= 15 is 0 Å². The number of rotatable bonds is 5. The molecule has 3 heterocycles. The number of hydrogen-bond acceptors (Lipinski definition) is 7. The van der Waals surface area contributed by atoms with Gasteiger partial charge in [-0.05, 0) is 32.0 Å². The van der Waals surface area contributed by atoms with Gasteiger partial charge >= 0.3 is 0 Å². The van der Waals surface area contributed by atoms with Gasteiger partial charge in [-0.2, -0.15) is 9.61 Å². The maximum atomic E-state index is 10.7. The van der Waals surface area contributed by atoms with E-state index in [0.717, 1.165) is 36.4 Å². The predicted octanol–water partition coefficient (Wildman–Crippen LogP) is 2.70. The van der Waals surface area contributed by atoms with Crippen molar-refractivity contribution in [2.75, 3.05) is 27.3 Å². The van der Waals surface area contributed by atoms with Crippen LogP contribution < -0.4 is 9.47 Å². The lowest BCUT2D eigenvalue weighted by atomic mass is 10.0. The zero-order valence-corrected chi connectivity index (χ0v) is 15.0. The van der Waals surface area contributed by atoms with Gasteiger partial charge < -0.3 is 14.6 Å². The highest BCUT2D eigenvalue weighted by molar-refractivity contribution is 7.17. The molecule has 7 nitrogen and oxygen atoms in total. The van der Waals surface area contributed by atoms with Crippen molar-refractivity contribution in [3.05, 3.63) is 35.0 Å². The number of aromatic nitrogens is 3. The molecule has 1 N–H and O–H groups in total. The summed E-state index contributed by atoms with van der Waals surface area (Å²) >= 11 is 1.45. The molecular weight excluding hydrogens is 340 g/mol. The number of aromatic hydroxyl groups is 1. The summed E-state index contributed by atoms with van der Waals surface area (Å²) < 4.78 is 12.6. The first-order valence-corrected chi connectivity index (χ1v) is 9.02. The van der Waals surface area contributed by atoms with Crippen molar-refractivity contribution in [2.24, 2.45) is 0 Å². The van der Waals surface area contributed by atoms with Gasteiger partial charge in [0.25, 0.3) is 0 Å². The van der Waals surface area contributed by atoms with Gasteiger partial charge in [0.1, 0.15) is 6.33 Å². The lowest BCUT2D eigenvalue weighted by Gasteiger charge is -2.28. The van der Waals surface area contributed by atoms with E-state index in [-0.39, 0.29) is 11.9 Å².